The van der Waals surface area contributed by atoms with Gasteiger partial charge in [-0.2, -0.15) is 13.2 Å². The summed E-state index contributed by atoms with van der Waals surface area (Å²) in [5.74, 6) is -0.0704. The van der Waals surface area contributed by atoms with Gasteiger partial charge in [-0.25, -0.2) is 0 Å². The van der Waals surface area contributed by atoms with Crippen molar-refractivity contribution in [3.8, 4) is 0 Å². The van der Waals surface area contributed by atoms with E-state index in [2.05, 4.69) is 0 Å². The molecule has 0 aromatic heterocycles. The Bertz CT molecular complexity index is 501. The summed E-state index contributed by atoms with van der Waals surface area (Å²) in [4.78, 5) is 13.8. The van der Waals surface area contributed by atoms with E-state index < -0.39 is 17.6 Å². The van der Waals surface area contributed by atoms with Crippen molar-refractivity contribution in [1.82, 2.24) is 4.90 Å². The third kappa shape index (κ3) is 3.12. The maximum Gasteiger partial charge on any atom is 0.416 e. The van der Waals surface area contributed by atoms with Crippen molar-refractivity contribution in [2.24, 2.45) is 11.7 Å². The molecule has 1 amide bonds. The standard InChI is InChI=1S/C14H17F3N2O/c1-9-5-6-19(8-12(9)18)13(20)10-3-2-4-11(7-10)14(15,16)17/h2-4,7,9,12H,5-6,8,18H2,1H3. The van der Waals surface area contributed by atoms with Gasteiger partial charge in [0.25, 0.3) is 5.91 Å². The zero-order chi connectivity index (χ0) is 14.9. The number of hydrogen-bond acceptors (Lipinski definition) is 2. The van der Waals surface area contributed by atoms with E-state index in [9.17, 15) is 18.0 Å². The van der Waals surface area contributed by atoms with E-state index in [1.165, 1.54) is 17.0 Å². The Labute approximate surface area is 115 Å². The van der Waals surface area contributed by atoms with Gasteiger partial charge in [-0.1, -0.05) is 13.0 Å². The predicted molar refractivity (Wildman–Crippen MR) is 69.1 cm³/mol. The van der Waals surface area contributed by atoms with E-state index in [1.54, 1.807) is 0 Å². The number of alkyl halides is 3. The molecule has 0 radical (unpaired) electrons. The molecular formula is C14H17F3N2O. The smallest absolute Gasteiger partial charge is 0.337 e. The van der Waals surface area contributed by atoms with Gasteiger partial charge in [0.05, 0.1) is 5.56 Å². The molecule has 1 saturated heterocycles. The minimum atomic E-state index is -4.44. The first-order valence-corrected chi connectivity index (χ1v) is 6.51. The second kappa shape index (κ2) is 5.44. The molecule has 6 heteroatoms. The molecule has 0 bridgehead atoms. The molecule has 2 N–H and O–H groups in total. The van der Waals surface area contributed by atoms with Crippen LogP contribution in [0.2, 0.25) is 0 Å². The third-order valence-electron chi connectivity index (χ3n) is 3.74. The minimum absolute atomic E-state index is 0.0570. The largest absolute Gasteiger partial charge is 0.416 e. The van der Waals surface area contributed by atoms with Gasteiger partial charge in [-0.05, 0) is 30.5 Å². The number of carbonyl (C=O) groups is 1. The molecule has 0 aliphatic carbocycles. The molecule has 1 aliphatic rings. The summed E-state index contributed by atoms with van der Waals surface area (Å²) >= 11 is 0. The molecule has 1 fully saturated rings. The van der Waals surface area contributed by atoms with E-state index in [1.807, 2.05) is 6.92 Å². The summed E-state index contributed by atoms with van der Waals surface area (Å²) in [5.41, 5.74) is 5.16. The lowest BCUT2D eigenvalue weighted by atomic mass is 9.94. The van der Waals surface area contributed by atoms with Gasteiger partial charge < -0.3 is 10.6 Å². The Balaban J connectivity index is 2.17. The topological polar surface area (TPSA) is 46.3 Å². The highest BCUT2D eigenvalue weighted by molar-refractivity contribution is 5.94. The summed E-state index contributed by atoms with van der Waals surface area (Å²) in [6.45, 7) is 2.93. The van der Waals surface area contributed by atoms with Gasteiger partial charge >= 0.3 is 6.18 Å². The Hall–Kier alpha value is -1.56. The van der Waals surface area contributed by atoms with E-state index in [0.717, 1.165) is 18.6 Å². The van der Waals surface area contributed by atoms with E-state index >= 15 is 0 Å². The maximum atomic E-state index is 12.6. The highest BCUT2D eigenvalue weighted by Crippen LogP contribution is 2.30. The average molecular weight is 286 g/mol. The number of carbonyl (C=O) groups excluding carboxylic acids is 1. The lowest BCUT2D eigenvalue weighted by Gasteiger charge is -2.35. The van der Waals surface area contributed by atoms with Gasteiger partial charge in [0.2, 0.25) is 0 Å². The molecule has 1 heterocycles. The van der Waals surface area contributed by atoms with Crippen LogP contribution in [-0.2, 0) is 6.18 Å². The van der Waals surface area contributed by atoms with Gasteiger partial charge in [0.1, 0.15) is 0 Å². The summed E-state index contributed by atoms with van der Waals surface area (Å²) in [7, 11) is 0. The Morgan fingerprint density at radius 3 is 2.70 bits per heavy atom. The van der Waals surface area contributed by atoms with Crippen LogP contribution < -0.4 is 5.73 Å². The first-order valence-electron chi connectivity index (χ1n) is 6.51. The van der Waals surface area contributed by atoms with Crippen LogP contribution in [-0.4, -0.2) is 29.9 Å². The summed E-state index contributed by atoms with van der Waals surface area (Å²) in [5, 5.41) is 0. The van der Waals surface area contributed by atoms with Crippen molar-refractivity contribution in [3.63, 3.8) is 0 Å². The van der Waals surface area contributed by atoms with E-state index in [0.29, 0.717) is 19.0 Å². The molecule has 0 spiro atoms. The molecule has 1 aliphatic heterocycles. The Morgan fingerprint density at radius 2 is 2.10 bits per heavy atom. The number of benzene rings is 1. The van der Waals surface area contributed by atoms with Crippen molar-refractivity contribution in [2.45, 2.75) is 25.6 Å². The van der Waals surface area contributed by atoms with Crippen LogP contribution in [0.4, 0.5) is 13.2 Å². The number of rotatable bonds is 1. The number of likely N-dealkylation sites (tertiary alicyclic amines) is 1. The van der Waals surface area contributed by atoms with Crippen LogP contribution in [0.3, 0.4) is 0 Å². The summed E-state index contributed by atoms with van der Waals surface area (Å²) in [6.07, 6.45) is -3.67. The average Bonchev–Trinajstić information content (AvgIpc) is 2.40. The zero-order valence-electron chi connectivity index (χ0n) is 11.2. The van der Waals surface area contributed by atoms with Crippen molar-refractivity contribution in [1.29, 1.82) is 0 Å². The van der Waals surface area contributed by atoms with Gasteiger partial charge in [-0.15, -0.1) is 0 Å². The number of nitrogens with zero attached hydrogens (tertiary/aromatic N) is 1. The Morgan fingerprint density at radius 1 is 1.40 bits per heavy atom. The highest BCUT2D eigenvalue weighted by atomic mass is 19.4. The summed E-state index contributed by atoms with van der Waals surface area (Å²) < 4.78 is 37.9. The molecule has 2 unspecified atom stereocenters. The zero-order valence-corrected chi connectivity index (χ0v) is 11.2. The van der Waals surface area contributed by atoms with Crippen LogP contribution in [0, 0.1) is 5.92 Å². The monoisotopic (exact) mass is 286 g/mol. The molecule has 110 valence electrons. The minimum Gasteiger partial charge on any atom is -0.337 e. The number of piperidine rings is 1. The molecule has 2 atom stereocenters. The molecular weight excluding hydrogens is 269 g/mol. The Kier molecular flexibility index (Phi) is 4.04. The lowest BCUT2D eigenvalue weighted by molar-refractivity contribution is -0.137. The van der Waals surface area contributed by atoms with Crippen molar-refractivity contribution < 1.29 is 18.0 Å². The predicted octanol–water partition coefficient (Wildman–Crippen LogP) is 2.51. The lowest BCUT2D eigenvalue weighted by Crippen LogP contribution is -2.49. The molecule has 20 heavy (non-hydrogen) atoms. The second-order valence-corrected chi connectivity index (χ2v) is 5.26. The summed E-state index contributed by atoms with van der Waals surface area (Å²) in [6, 6.07) is 4.38. The van der Waals surface area contributed by atoms with Gasteiger partial charge in [-0.3, -0.25) is 4.79 Å². The molecule has 3 nitrogen and oxygen atoms in total. The second-order valence-electron chi connectivity index (χ2n) is 5.26. The van der Waals surface area contributed by atoms with Crippen LogP contribution in [0.5, 0.6) is 0 Å². The fourth-order valence-electron chi connectivity index (χ4n) is 2.29. The quantitative estimate of drug-likeness (QED) is 0.862. The van der Waals surface area contributed by atoms with Crippen LogP contribution in [0.15, 0.2) is 24.3 Å². The molecule has 1 aromatic carbocycles. The number of halogens is 3. The normalized spacial score (nSPS) is 23.8. The number of nitrogens with two attached hydrogens (primary N) is 1. The van der Waals surface area contributed by atoms with Crippen molar-refractivity contribution in [3.05, 3.63) is 35.4 Å². The number of hydrogen-bond donors (Lipinski definition) is 1. The maximum absolute atomic E-state index is 12.6. The van der Waals surface area contributed by atoms with Crippen LogP contribution in [0.1, 0.15) is 29.3 Å². The number of amides is 1. The first-order chi connectivity index (χ1) is 9.29. The third-order valence-corrected chi connectivity index (χ3v) is 3.74. The SMILES string of the molecule is CC1CCN(C(=O)c2cccc(C(F)(F)F)c2)CC1N. The van der Waals surface area contributed by atoms with E-state index in [4.69, 9.17) is 5.73 Å². The molecule has 2 rings (SSSR count). The van der Waals surface area contributed by atoms with Gasteiger partial charge in [0, 0.05) is 24.7 Å². The van der Waals surface area contributed by atoms with Crippen molar-refractivity contribution in [2.75, 3.05) is 13.1 Å². The van der Waals surface area contributed by atoms with Crippen LogP contribution >= 0.6 is 0 Å². The molecule has 0 saturated carbocycles. The van der Waals surface area contributed by atoms with Crippen LogP contribution in [0.25, 0.3) is 0 Å². The van der Waals surface area contributed by atoms with Gasteiger partial charge in [0.15, 0.2) is 0 Å². The fourth-order valence-corrected chi connectivity index (χ4v) is 2.29. The first kappa shape index (κ1) is 14.8. The fraction of sp³-hybridized carbons (Fsp3) is 0.500. The van der Waals surface area contributed by atoms with Crippen molar-refractivity contribution >= 4 is 5.91 Å². The van der Waals surface area contributed by atoms with E-state index in [-0.39, 0.29) is 11.6 Å². The highest BCUT2D eigenvalue weighted by Gasteiger charge is 2.32. The molecule has 1 aromatic rings.